The lowest BCUT2D eigenvalue weighted by atomic mass is 9.79. The highest BCUT2D eigenvalue weighted by atomic mass is 35.5. The number of esters is 1. The number of carbonyl (C=O) groups is 2. The first-order valence-corrected chi connectivity index (χ1v) is 8.66. The molecule has 1 saturated heterocycles. The average molecular weight is 334 g/mol. The van der Waals surface area contributed by atoms with E-state index in [9.17, 15) is 9.59 Å². The number of carbonyl (C=O) groups excluding carboxylic acids is 2. The number of halogens is 1. The van der Waals surface area contributed by atoms with Crippen LogP contribution < -0.4 is 5.32 Å². The van der Waals surface area contributed by atoms with E-state index in [2.05, 4.69) is 19.2 Å². The van der Waals surface area contributed by atoms with E-state index in [0.29, 0.717) is 5.92 Å². The molecule has 2 saturated carbocycles. The minimum atomic E-state index is -0.362. The van der Waals surface area contributed by atoms with Crippen LogP contribution in [0.25, 0.3) is 0 Å². The van der Waals surface area contributed by atoms with Gasteiger partial charge in [0.15, 0.2) is 0 Å². The minimum Gasteiger partial charge on any atom is -0.460 e. The Morgan fingerprint density at radius 3 is 2.61 bits per heavy atom. The molecule has 0 unspecified atom stereocenters. The lowest BCUT2D eigenvalue weighted by Crippen LogP contribution is -2.40. The number of anilines is 1. The van der Waals surface area contributed by atoms with Crippen LogP contribution in [0.5, 0.6) is 0 Å². The molecular weight excluding hydrogens is 314 g/mol. The molecule has 0 aromatic heterocycles. The summed E-state index contributed by atoms with van der Waals surface area (Å²) in [6, 6.07) is 7.86. The Balaban J connectivity index is 1.52. The van der Waals surface area contributed by atoms with Crippen LogP contribution in [0.3, 0.4) is 0 Å². The molecule has 3 fully saturated rings. The Morgan fingerprint density at radius 2 is 1.96 bits per heavy atom. The number of nitrogens with one attached hydrogen (secondary N) is 1. The first-order valence-electron chi connectivity index (χ1n) is 8.22. The van der Waals surface area contributed by atoms with Crippen molar-refractivity contribution in [3.05, 3.63) is 29.8 Å². The Kier molecular flexibility index (Phi) is 3.41. The maximum absolute atomic E-state index is 12.7. The highest BCUT2D eigenvalue weighted by Crippen LogP contribution is 2.59. The molecule has 122 valence electrons. The summed E-state index contributed by atoms with van der Waals surface area (Å²) in [5, 5.41) is 2.72. The van der Waals surface area contributed by atoms with Crippen LogP contribution in [0, 0.1) is 23.7 Å². The fourth-order valence-electron chi connectivity index (χ4n) is 4.51. The molecule has 6 atom stereocenters. The van der Waals surface area contributed by atoms with Gasteiger partial charge in [0.25, 0.3) is 0 Å². The number of fused-ring (bicyclic) bond motifs is 1. The second-order valence-corrected chi connectivity index (χ2v) is 7.73. The van der Waals surface area contributed by atoms with E-state index in [1.54, 1.807) is 0 Å². The van der Waals surface area contributed by atoms with Gasteiger partial charge in [-0.05, 0) is 36.0 Å². The van der Waals surface area contributed by atoms with E-state index in [1.807, 2.05) is 24.3 Å². The van der Waals surface area contributed by atoms with Crippen molar-refractivity contribution in [3.63, 3.8) is 0 Å². The molecule has 1 heterocycles. The highest BCUT2D eigenvalue weighted by molar-refractivity contribution is 6.22. The Hall–Kier alpha value is -1.55. The Morgan fingerprint density at radius 1 is 1.26 bits per heavy atom. The topological polar surface area (TPSA) is 55.4 Å². The predicted molar refractivity (Wildman–Crippen MR) is 87.3 cm³/mol. The summed E-state index contributed by atoms with van der Waals surface area (Å²) in [5.74, 6) is -0.420. The summed E-state index contributed by atoms with van der Waals surface area (Å²) >= 11 is 6.41. The van der Waals surface area contributed by atoms with Crippen LogP contribution >= 0.6 is 11.6 Å². The third-order valence-corrected chi connectivity index (χ3v) is 6.24. The number of amides is 1. The summed E-state index contributed by atoms with van der Waals surface area (Å²) in [7, 11) is 0. The highest BCUT2D eigenvalue weighted by Gasteiger charge is 2.67. The zero-order valence-electron chi connectivity index (χ0n) is 13.2. The van der Waals surface area contributed by atoms with Crippen LogP contribution in [-0.2, 0) is 14.3 Å². The quantitative estimate of drug-likeness (QED) is 0.683. The third kappa shape index (κ3) is 2.18. The summed E-state index contributed by atoms with van der Waals surface area (Å²) in [6.07, 6.45) is 0.633. The predicted octanol–water partition coefficient (Wildman–Crippen LogP) is 3.16. The monoisotopic (exact) mass is 333 g/mol. The van der Waals surface area contributed by atoms with E-state index in [4.69, 9.17) is 16.3 Å². The lowest BCUT2D eigenvalue weighted by molar-refractivity contribution is -0.145. The molecule has 2 bridgehead atoms. The van der Waals surface area contributed by atoms with Crippen molar-refractivity contribution >= 4 is 29.2 Å². The van der Waals surface area contributed by atoms with Crippen LogP contribution in [0.2, 0.25) is 0 Å². The Bertz CT molecular complexity index is 657. The lowest BCUT2D eigenvalue weighted by Gasteiger charge is -2.27. The fraction of sp³-hybridized carbons (Fsp3) is 0.556. The fourth-order valence-corrected chi connectivity index (χ4v) is 5.01. The van der Waals surface area contributed by atoms with Gasteiger partial charge in [-0.25, -0.2) is 0 Å². The zero-order valence-corrected chi connectivity index (χ0v) is 13.9. The number of rotatable bonds is 3. The number of ether oxygens (including phenoxy) is 1. The molecule has 4 nitrogen and oxygen atoms in total. The molecule has 0 spiro atoms. The van der Waals surface area contributed by atoms with Gasteiger partial charge in [0.05, 0.1) is 17.2 Å². The summed E-state index contributed by atoms with van der Waals surface area (Å²) < 4.78 is 5.37. The molecule has 0 radical (unpaired) electrons. The van der Waals surface area contributed by atoms with Crippen molar-refractivity contribution in [3.8, 4) is 0 Å². The summed E-state index contributed by atoms with van der Waals surface area (Å²) in [4.78, 5) is 24.8. The van der Waals surface area contributed by atoms with E-state index in [1.165, 1.54) is 5.56 Å². The largest absolute Gasteiger partial charge is 0.460 e. The van der Waals surface area contributed by atoms with Gasteiger partial charge >= 0.3 is 5.97 Å². The number of alkyl halides is 1. The van der Waals surface area contributed by atoms with Crippen molar-refractivity contribution in [2.75, 3.05) is 5.32 Å². The molecule has 2 aliphatic carbocycles. The van der Waals surface area contributed by atoms with Crippen LogP contribution in [0.15, 0.2) is 24.3 Å². The average Bonchev–Trinajstić information content (AvgIpc) is 3.12. The zero-order chi connectivity index (χ0) is 16.3. The van der Waals surface area contributed by atoms with Gasteiger partial charge in [0.2, 0.25) is 5.91 Å². The van der Waals surface area contributed by atoms with Gasteiger partial charge in [-0.3, -0.25) is 9.59 Å². The van der Waals surface area contributed by atoms with Gasteiger partial charge in [0.1, 0.15) is 6.10 Å². The molecule has 3 aliphatic rings. The van der Waals surface area contributed by atoms with Gasteiger partial charge in [-0.1, -0.05) is 26.0 Å². The molecule has 23 heavy (non-hydrogen) atoms. The standard InChI is InChI=1S/C18H20ClNO3/c1-8(2)9-3-5-10(6-4-9)20-17(21)13-11-7-12-14(13)18(22)23-16(12)15(11)19/h3-6,8,11-16H,7H2,1-2H3,(H,20,21)/t11-,12+,13-,14+,15+,16-/m0/s1. The SMILES string of the molecule is CC(C)c1ccc(NC(=O)[C@H]2[C@@H]3C[C@H]4[C@H](OC(=O)[C@H]42)[C@@H]3Cl)cc1. The number of hydrogen-bond acceptors (Lipinski definition) is 3. The number of hydrogen-bond donors (Lipinski definition) is 1. The van der Waals surface area contributed by atoms with E-state index in [0.717, 1.165) is 12.1 Å². The van der Waals surface area contributed by atoms with E-state index < -0.39 is 0 Å². The van der Waals surface area contributed by atoms with Crippen LogP contribution in [0.4, 0.5) is 5.69 Å². The molecule has 1 aromatic rings. The summed E-state index contributed by atoms with van der Waals surface area (Å²) in [6.45, 7) is 4.26. The van der Waals surface area contributed by atoms with Crippen molar-refractivity contribution in [1.29, 1.82) is 0 Å². The second kappa shape index (κ2) is 5.23. The molecule has 1 aliphatic heterocycles. The maximum atomic E-state index is 12.7. The van der Waals surface area contributed by atoms with E-state index in [-0.39, 0.29) is 47.0 Å². The smallest absolute Gasteiger partial charge is 0.310 e. The normalized spacial score (nSPS) is 37.3. The van der Waals surface area contributed by atoms with Gasteiger partial charge in [0, 0.05) is 11.6 Å². The molecule has 1 amide bonds. The second-order valence-electron chi connectivity index (χ2n) is 7.23. The molecule has 5 heteroatoms. The molecule has 1 aromatic carbocycles. The van der Waals surface area contributed by atoms with Crippen LogP contribution in [0.1, 0.15) is 31.7 Å². The van der Waals surface area contributed by atoms with Gasteiger partial charge < -0.3 is 10.1 Å². The number of benzene rings is 1. The molecule has 4 rings (SSSR count). The van der Waals surface area contributed by atoms with Crippen molar-refractivity contribution in [2.24, 2.45) is 23.7 Å². The van der Waals surface area contributed by atoms with Crippen LogP contribution in [-0.4, -0.2) is 23.4 Å². The minimum absolute atomic E-state index is 0.0399. The summed E-state index contributed by atoms with van der Waals surface area (Å²) in [5.41, 5.74) is 1.99. The first kappa shape index (κ1) is 15.0. The van der Waals surface area contributed by atoms with Crippen molar-refractivity contribution < 1.29 is 14.3 Å². The maximum Gasteiger partial charge on any atom is 0.310 e. The van der Waals surface area contributed by atoms with Crippen molar-refractivity contribution in [1.82, 2.24) is 0 Å². The van der Waals surface area contributed by atoms with Gasteiger partial charge in [-0.15, -0.1) is 11.6 Å². The molecular formula is C18H20ClNO3. The van der Waals surface area contributed by atoms with Gasteiger partial charge in [-0.2, -0.15) is 0 Å². The van der Waals surface area contributed by atoms with E-state index >= 15 is 0 Å². The first-order chi connectivity index (χ1) is 11.0. The Labute approximate surface area is 140 Å². The third-order valence-electron chi connectivity index (χ3n) is 5.67. The van der Waals surface area contributed by atoms with Crippen molar-refractivity contribution in [2.45, 2.75) is 37.7 Å². The molecule has 1 N–H and O–H groups in total.